The maximum Gasteiger partial charge on any atom is 0.150 e. The fourth-order valence-electron chi connectivity index (χ4n) is 2.04. The molecule has 0 saturated carbocycles. The van der Waals surface area contributed by atoms with E-state index in [0.717, 1.165) is 23.2 Å². The molecule has 5 heteroatoms. The van der Waals surface area contributed by atoms with Gasteiger partial charge < -0.3 is 0 Å². The third kappa shape index (κ3) is 2.21. The van der Waals surface area contributed by atoms with Gasteiger partial charge in [0.05, 0.1) is 17.6 Å². The molecule has 0 unspecified atom stereocenters. The van der Waals surface area contributed by atoms with E-state index >= 15 is 0 Å². The van der Waals surface area contributed by atoms with Gasteiger partial charge in [0.2, 0.25) is 0 Å². The Morgan fingerprint density at radius 2 is 1.90 bits per heavy atom. The van der Waals surface area contributed by atoms with Crippen molar-refractivity contribution < 1.29 is 4.79 Å². The Hall–Kier alpha value is -2.46. The highest BCUT2D eigenvalue weighted by Gasteiger charge is 2.12. The Morgan fingerprint density at radius 3 is 2.65 bits per heavy atom. The molecule has 20 heavy (non-hydrogen) atoms. The Labute approximate surface area is 120 Å². The van der Waals surface area contributed by atoms with Crippen LogP contribution >= 0.6 is 11.6 Å². The molecule has 0 amide bonds. The van der Waals surface area contributed by atoms with E-state index in [0.29, 0.717) is 10.6 Å². The first-order chi connectivity index (χ1) is 9.79. The minimum atomic E-state index is 0.511. The van der Waals surface area contributed by atoms with Gasteiger partial charge in [0, 0.05) is 16.1 Å². The standard InChI is InChI=1S/C15H10ClN3O/c16-12-6-7-14(11(8-12)10-20)15-9-17-18-19(15)13-4-2-1-3-5-13/h1-10H. The summed E-state index contributed by atoms with van der Waals surface area (Å²) < 4.78 is 1.69. The molecule has 2 aromatic carbocycles. The first kappa shape index (κ1) is 12.6. The van der Waals surface area contributed by atoms with Crippen LogP contribution in [0.1, 0.15) is 10.4 Å². The molecule has 0 aliphatic carbocycles. The molecule has 0 atom stereocenters. The lowest BCUT2D eigenvalue weighted by Crippen LogP contribution is -2.00. The van der Waals surface area contributed by atoms with Gasteiger partial charge in [0.1, 0.15) is 0 Å². The quantitative estimate of drug-likeness (QED) is 0.692. The van der Waals surface area contributed by atoms with Crippen LogP contribution in [0, 0.1) is 0 Å². The monoisotopic (exact) mass is 283 g/mol. The highest BCUT2D eigenvalue weighted by Crippen LogP contribution is 2.26. The maximum absolute atomic E-state index is 11.2. The largest absolute Gasteiger partial charge is 0.298 e. The first-order valence-electron chi connectivity index (χ1n) is 6.01. The van der Waals surface area contributed by atoms with Crippen LogP contribution < -0.4 is 0 Å². The molecule has 4 nitrogen and oxygen atoms in total. The Kier molecular flexibility index (Phi) is 3.31. The van der Waals surface area contributed by atoms with Gasteiger partial charge in [-0.05, 0) is 24.3 Å². The predicted octanol–water partition coefficient (Wildman–Crippen LogP) is 3.40. The molecule has 0 radical (unpaired) electrons. The third-order valence-corrected chi connectivity index (χ3v) is 3.20. The molecule has 0 aliphatic rings. The summed E-state index contributed by atoms with van der Waals surface area (Å²) in [5.41, 5.74) is 2.89. The fourth-order valence-corrected chi connectivity index (χ4v) is 2.22. The van der Waals surface area contributed by atoms with Crippen LogP contribution in [0.5, 0.6) is 0 Å². The third-order valence-electron chi connectivity index (χ3n) is 2.97. The van der Waals surface area contributed by atoms with Crippen molar-refractivity contribution in [2.45, 2.75) is 0 Å². The van der Waals surface area contributed by atoms with Crippen molar-refractivity contribution in [2.75, 3.05) is 0 Å². The van der Waals surface area contributed by atoms with Crippen LogP contribution in [0.25, 0.3) is 16.9 Å². The second kappa shape index (κ2) is 5.27. The van der Waals surface area contributed by atoms with Gasteiger partial charge in [0.25, 0.3) is 0 Å². The van der Waals surface area contributed by atoms with Gasteiger partial charge >= 0.3 is 0 Å². The zero-order valence-corrected chi connectivity index (χ0v) is 11.2. The molecule has 0 N–H and O–H groups in total. The number of carbonyl (C=O) groups is 1. The van der Waals surface area contributed by atoms with Crippen molar-refractivity contribution in [3.63, 3.8) is 0 Å². The molecule has 0 aliphatic heterocycles. The summed E-state index contributed by atoms with van der Waals surface area (Å²) in [6, 6.07) is 14.8. The highest BCUT2D eigenvalue weighted by atomic mass is 35.5. The van der Waals surface area contributed by atoms with Crippen molar-refractivity contribution >= 4 is 17.9 Å². The average molecular weight is 284 g/mol. The highest BCUT2D eigenvalue weighted by molar-refractivity contribution is 6.31. The number of carbonyl (C=O) groups excluding carboxylic acids is 1. The molecule has 3 aromatic rings. The molecule has 3 rings (SSSR count). The topological polar surface area (TPSA) is 47.8 Å². The summed E-state index contributed by atoms with van der Waals surface area (Å²) >= 11 is 5.92. The molecular weight excluding hydrogens is 274 g/mol. The molecule has 98 valence electrons. The van der Waals surface area contributed by atoms with Crippen LogP contribution in [-0.2, 0) is 0 Å². The molecule has 0 spiro atoms. The average Bonchev–Trinajstić information content (AvgIpc) is 2.97. The zero-order chi connectivity index (χ0) is 13.9. The van der Waals surface area contributed by atoms with E-state index in [2.05, 4.69) is 10.3 Å². The van der Waals surface area contributed by atoms with Crippen LogP contribution in [-0.4, -0.2) is 21.3 Å². The smallest absolute Gasteiger partial charge is 0.150 e. The van der Waals surface area contributed by atoms with Crippen LogP contribution in [0.4, 0.5) is 0 Å². The predicted molar refractivity (Wildman–Crippen MR) is 77.2 cm³/mol. The number of hydrogen-bond donors (Lipinski definition) is 0. The number of benzene rings is 2. The number of aldehydes is 1. The van der Waals surface area contributed by atoms with E-state index in [1.807, 2.05) is 30.3 Å². The van der Waals surface area contributed by atoms with Gasteiger partial charge in [-0.1, -0.05) is 41.1 Å². The first-order valence-corrected chi connectivity index (χ1v) is 6.38. The van der Waals surface area contributed by atoms with E-state index in [-0.39, 0.29) is 0 Å². The van der Waals surface area contributed by atoms with Gasteiger partial charge in [-0.15, -0.1) is 5.10 Å². The van der Waals surface area contributed by atoms with Crippen LogP contribution in [0.15, 0.2) is 54.7 Å². The zero-order valence-electron chi connectivity index (χ0n) is 10.4. The Morgan fingerprint density at radius 1 is 1.10 bits per heavy atom. The van der Waals surface area contributed by atoms with E-state index in [1.165, 1.54) is 0 Å². The van der Waals surface area contributed by atoms with Crippen molar-refractivity contribution in [1.82, 2.24) is 15.0 Å². The van der Waals surface area contributed by atoms with E-state index in [9.17, 15) is 4.79 Å². The van der Waals surface area contributed by atoms with Crippen molar-refractivity contribution in [1.29, 1.82) is 0 Å². The van der Waals surface area contributed by atoms with Gasteiger partial charge in [-0.2, -0.15) is 0 Å². The molecular formula is C15H10ClN3O. The number of hydrogen-bond acceptors (Lipinski definition) is 3. The lowest BCUT2D eigenvalue weighted by atomic mass is 10.1. The summed E-state index contributed by atoms with van der Waals surface area (Å²) in [4.78, 5) is 11.2. The normalized spacial score (nSPS) is 10.4. The minimum Gasteiger partial charge on any atom is -0.298 e. The molecule has 1 aromatic heterocycles. The minimum absolute atomic E-state index is 0.511. The van der Waals surface area contributed by atoms with E-state index < -0.39 is 0 Å². The van der Waals surface area contributed by atoms with Crippen LogP contribution in [0.2, 0.25) is 5.02 Å². The van der Waals surface area contributed by atoms with Crippen molar-refractivity contribution in [3.05, 3.63) is 65.3 Å². The van der Waals surface area contributed by atoms with Gasteiger partial charge in [0.15, 0.2) is 6.29 Å². The number of nitrogens with zero attached hydrogens (tertiary/aromatic N) is 3. The Bertz CT molecular complexity index is 753. The van der Waals surface area contributed by atoms with Gasteiger partial charge in [-0.3, -0.25) is 4.79 Å². The summed E-state index contributed by atoms with van der Waals surface area (Å²) in [6.45, 7) is 0. The molecule has 0 saturated heterocycles. The Balaban J connectivity index is 2.18. The lowest BCUT2D eigenvalue weighted by molar-refractivity contribution is 0.112. The number of halogens is 1. The number of para-hydroxylation sites is 1. The van der Waals surface area contributed by atoms with E-state index in [4.69, 9.17) is 11.6 Å². The molecule has 0 bridgehead atoms. The summed E-state index contributed by atoms with van der Waals surface area (Å²) in [6.07, 6.45) is 2.41. The van der Waals surface area contributed by atoms with Crippen molar-refractivity contribution in [3.8, 4) is 16.9 Å². The summed E-state index contributed by atoms with van der Waals surface area (Å²) in [7, 11) is 0. The molecule has 1 heterocycles. The van der Waals surface area contributed by atoms with Crippen LogP contribution in [0.3, 0.4) is 0 Å². The number of aromatic nitrogens is 3. The SMILES string of the molecule is O=Cc1cc(Cl)ccc1-c1cnnn1-c1ccccc1. The maximum atomic E-state index is 11.2. The molecule has 0 fully saturated rings. The second-order valence-corrected chi connectivity index (χ2v) is 4.65. The number of rotatable bonds is 3. The lowest BCUT2D eigenvalue weighted by Gasteiger charge is -2.08. The summed E-state index contributed by atoms with van der Waals surface area (Å²) in [5.74, 6) is 0. The van der Waals surface area contributed by atoms with Gasteiger partial charge in [-0.25, -0.2) is 4.68 Å². The van der Waals surface area contributed by atoms with E-state index in [1.54, 1.807) is 29.1 Å². The second-order valence-electron chi connectivity index (χ2n) is 4.22. The van der Waals surface area contributed by atoms with Crippen molar-refractivity contribution in [2.24, 2.45) is 0 Å². The summed E-state index contributed by atoms with van der Waals surface area (Å²) in [5, 5.41) is 8.54. The fraction of sp³-hybridized carbons (Fsp3) is 0.